The molecule has 0 atom stereocenters. The first kappa shape index (κ1) is 10.6. The molecule has 0 spiro atoms. The molecule has 0 saturated carbocycles. The Morgan fingerprint density at radius 2 is 1.94 bits per heavy atom. The molecule has 1 aromatic carbocycles. The van der Waals surface area contributed by atoms with E-state index in [0.717, 1.165) is 6.29 Å². The molecule has 88 valence electrons. The van der Waals surface area contributed by atoms with Crippen LogP contribution in [0.1, 0.15) is 10.4 Å². The van der Waals surface area contributed by atoms with Crippen molar-refractivity contribution in [3.05, 3.63) is 54.0 Å². The fraction of sp³-hybridized carbons (Fsp3) is 0. The highest BCUT2D eigenvalue weighted by atomic mass is 19.1. The molecule has 0 radical (unpaired) electrons. The van der Waals surface area contributed by atoms with E-state index in [9.17, 15) is 9.18 Å². The molecular weight excluding hydrogens is 233 g/mol. The van der Waals surface area contributed by atoms with Crippen LogP contribution in [-0.4, -0.2) is 20.9 Å². The number of halogens is 1. The summed E-state index contributed by atoms with van der Waals surface area (Å²) in [5.74, 6) is 0.00936. The normalized spacial score (nSPS) is 10.7. The van der Waals surface area contributed by atoms with Gasteiger partial charge >= 0.3 is 0 Å². The van der Waals surface area contributed by atoms with Crippen molar-refractivity contribution in [3.63, 3.8) is 0 Å². The Labute approximate surface area is 102 Å². The summed E-state index contributed by atoms with van der Waals surface area (Å²) in [7, 11) is 0. The molecule has 0 saturated heterocycles. The highest BCUT2D eigenvalue weighted by Gasteiger charge is 2.11. The van der Waals surface area contributed by atoms with Gasteiger partial charge in [0.2, 0.25) is 0 Å². The summed E-state index contributed by atoms with van der Waals surface area (Å²) in [4.78, 5) is 10.8. The first-order valence-electron chi connectivity index (χ1n) is 5.34. The molecule has 0 aliphatic rings. The van der Waals surface area contributed by atoms with Crippen LogP contribution in [0.25, 0.3) is 17.0 Å². The fourth-order valence-electron chi connectivity index (χ4n) is 1.80. The summed E-state index contributed by atoms with van der Waals surface area (Å²) in [6.45, 7) is 0. The van der Waals surface area contributed by atoms with E-state index in [-0.39, 0.29) is 5.82 Å². The molecule has 3 rings (SSSR count). The van der Waals surface area contributed by atoms with Crippen LogP contribution in [0.3, 0.4) is 0 Å². The summed E-state index contributed by atoms with van der Waals surface area (Å²) >= 11 is 0. The second-order valence-electron chi connectivity index (χ2n) is 3.81. The van der Waals surface area contributed by atoms with Crippen molar-refractivity contribution in [2.75, 3.05) is 0 Å². The lowest BCUT2D eigenvalue weighted by Crippen LogP contribution is -1.93. The van der Waals surface area contributed by atoms with Gasteiger partial charge in [-0.05, 0) is 24.3 Å². The van der Waals surface area contributed by atoms with E-state index in [4.69, 9.17) is 0 Å². The lowest BCUT2D eigenvalue weighted by molar-refractivity contribution is 0.112. The molecule has 2 heterocycles. The lowest BCUT2D eigenvalue weighted by atomic mass is 10.2. The maximum atomic E-state index is 13.7. The van der Waals surface area contributed by atoms with Gasteiger partial charge in [0.15, 0.2) is 17.8 Å². The Balaban J connectivity index is 2.29. The maximum Gasteiger partial charge on any atom is 0.171 e. The Kier molecular flexibility index (Phi) is 2.37. The van der Waals surface area contributed by atoms with Crippen LogP contribution in [0.15, 0.2) is 42.6 Å². The largest absolute Gasteiger partial charge is 0.298 e. The number of nitrogens with zero attached hydrogens (tertiary/aromatic N) is 3. The van der Waals surface area contributed by atoms with Crippen LogP contribution >= 0.6 is 0 Å². The number of rotatable bonds is 2. The third kappa shape index (κ3) is 1.57. The number of carbonyl (C=O) groups is 1. The number of fused-ring (bicyclic) bond motifs is 1. The van der Waals surface area contributed by atoms with E-state index >= 15 is 0 Å². The number of aldehydes is 1. The molecule has 0 amide bonds. The van der Waals surface area contributed by atoms with Crippen LogP contribution in [0.5, 0.6) is 0 Å². The highest BCUT2D eigenvalue weighted by molar-refractivity contribution is 5.75. The number of benzene rings is 1. The minimum Gasteiger partial charge on any atom is -0.298 e. The minimum absolute atomic E-state index is 0.355. The third-order valence-electron chi connectivity index (χ3n) is 2.68. The molecular formula is C13H8FN3O. The monoisotopic (exact) mass is 241 g/mol. The zero-order valence-corrected chi connectivity index (χ0v) is 9.25. The van der Waals surface area contributed by atoms with E-state index in [0.29, 0.717) is 22.6 Å². The summed E-state index contributed by atoms with van der Waals surface area (Å²) in [6, 6.07) is 9.63. The maximum absolute atomic E-state index is 13.7. The smallest absolute Gasteiger partial charge is 0.171 e. The van der Waals surface area contributed by atoms with Gasteiger partial charge < -0.3 is 0 Å². The number of carbonyl (C=O) groups excluding carboxylic acids is 1. The van der Waals surface area contributed by atoms with Gasteiger partial charge in [0.05, 0.1) is 5.56 Å². The predicted molar refractivity (Wildman–Crippen MR) is 63.8 cm³/mol. The van der Waals surface area contributed by atoms with E-state index in [2.05, 4.69) is 10.2 Å². The number of hydrogen-bond acceptors (Lipinski definition) is 3. The fourth-order valence-corrected chi connectivity index (χ4v) is 1.80. The van der Waals surface area contributed by atoms with Crippen LogP contribution in [-0.2, 0) is 0 Å². The summed E-state index contributed by atoms with van der Waals surface area (Å²) in [6.07, 6.45) is 2.31. The van der Waals surface area contributed by atoms with E-state index in [1.165, 1.54) is 6.07 Å². The van der Waals surface area contributed by atoms with Crippen molar-refractivity contribution < 1.29 is 9.18 Å². The number of hydrogen-bond donors (Lipinski definition) is 0. The molecule has 3 aromatic rings. The molecule has 0 N–H and O–H groups in total. The molecule has 2 aromatic heterocycles. The summed E-state index contributed by atoms with van der Waals surface area (Å²) in [5, 5.41) is 7.90. The van der Waals surface area contributed by atoms with Gasteiger partial charge in [-0.15, -0.1) is 10.2 Å². The standard InChI is InChI=1S/C13H8FN3O/c14-11-4-2-1-3-10(11)13-16-15-12-6-5-9(8-18)7-17(12)13/h1-8H. The van der Waals surface area contributed by atoms with Crippen molar-refractivity contribution >= 4 is 11.9 Å². The van der Waals surface area contributed by atoms with E-state index < -0.39 is 0 Å². The minimum atomic E-state index is -0.372. The first-order chi connectivity index (χ1) is 8.79. The quantitative estimate of drug-likeness (QED) is 0.647. The number of aromatic nitrogens is 3. The van der Waals surface area contributed by atoms with E-state index in [1.807, 2.05) is 0 Å². The van der Waals surface area contributed by atoms with Gasteiger partial charge in [0.1, 0.15) is 5.82 Å². The van der Waals surface area contributed by atoms with Gasteiger partial charge in [-0.2, -0.15) is 0 Å². The third-order valence-corrected chi connectivity index (χ3v) is 2.68. The van der Waals surface area contributed by atoms with Crippen molar-refractivity contribution in [2.24, 2.45) is 0 Å². The highest BCUT2D eigenvalue weighted by Crippen LogP contribution is 2.21. The van der Waals surface area contributed by atoms with Crippen molar-refractivity contribution in [1.29, 1.82) is 0 Å². The summed E-state index contributed by atoms with van der Waals surface area (Å²) < 4.78 is 15.3. The Bertz CT molecular complexity index is 736. The Hall–Kier alpha value is -2.56. The van der Waals surface area contributed by atoms with Gasteiger partial charge in [-0.1, -0.05) is 12.1 Å². The summed E-state index contributed by atoms with van der Waals surface area (Å²) in [5.41, 5.74) is 1.41. The molecule has 4 nitrogen and oxygen atoms in total. The van der Waals surface area contributed by atoms with Crippen LogP contribution < -0.4 is 0 Å². The molecule has 0 aliphatic heterocycles. The van der Waals surface area contributed by atoms with Crippen LogP contribution in [0.2, 0.25) is 0 Å². The molecule has 18 heavy (non-hydrogen) atoms. The zero-order chi connectivity index (χ0) is 12.5. The predicted octanol–water partition coefficient (Wildman–Crippen LogP) is 2.35. The second-order valence-corrected chi connectivity index (χ2v) is 3.81. The molecule has 0 bridgehead atoms. The molecule has 0 unspecified atom stereocenters. The van der Waals surface area contributed by atoms with Crippen molar-refractivity contribution in [2.45, 2.75) is 0 Å². The van der Waals surface area contributed by atoms with Crippen LogP contribution in [0, 0.1) is 5.82 Å². The number of pyridine rings is 1. The molecule has 5 heteroatoms. The molecule has 0 aliphatic carbocycles. The topological polar surface area (TPSA) is 47.3 Å². The average molecular weight is 241 g/mol. The zero-order valence-electron chi connectivity index (χ0n) is 9.25. The van der Waals surface area contributed by atoms with Gasteiger partial charge in [-0.25, -0.2) is 4.39 Å². The van der Waals surface area contributed by atoms with Crippen molar-refractivity contribution in [3.8, 4) is 11.4 Å². The van der Waals surface area contributed by atoms with E-state index in [1.54, 1.807) is 40.9 Å². The first-order valence-corrected chi connectivity index (χ1v) is 5.34. The SMILES string of the molecule is O=Cc1ccc2nnc(-c3ccccc3F)n2c1. The van der Waals surface area contributed by atoms with Gasteiger partial charge in [0.25, 0.3) is 0 Å². The van der Waals surface area contributed by atoms with Gasteiger partial charge in [0, 0.05) is 11.8 Å². The lowest BCUT2D eigenvalue weighted by Gasteiger charge is -2.01. The second kappa shape index (κ2) is 4.03. The van der Waals surface area contributed by atoms with Crippen LogP contribution in [0.4, 0.5) is 4.39 Å². The Morgan fingerprint density at radius 1 is 1.11 bits per heavy atom. The molecule has 0 fully saturated rings. The average Bonchev–Trinajstić information content (AvgIpc) is 2.82. The van der Waals surface area contributed by atoms with Gasteiger partial charge in [-0.3, -0.25) is 9.20 Å². The Morgan fingerprint density at radius 3 is 2.72 bits per heavy atom. The van der Waals surface area contributed by atoms with Crippen molar-refractivity contribution in [1.82, 2.24) is 14.6 Å².